The summed E-state index contributed by atoms with van der Waals surface area (Å²) in [5.74, 6) is 0.986. The molecular formula is C15H14F3NO2S2. The maximum absolute atomic E-state index is 12.0. The van der Waals surface area contributed by atoms with Gasteiger partial charge in [0, 0.05) is 23.6 Å². The largest absolute Gasteiger partial charge is 0.573 e. The van der Waals surface area contributed by atoms with Crippen LogP contribution in [0, 0.1) is 0 Å². The minimum absolute atomic E-state index is 0.294. The number of thiophene rings is 1. The number of halogens is 3. The van der Waals surface area contributed by atoms with E-state index in [4.69, 9.17) is 0 Å². The van der Waals surface area contributed by atoms with E-state index >= 15 is 0 Å². The zero-order valence-electron chi connectivity index (χ0n) is 11.9. The molecule has 124 valence electrons. The molecule has 8 heteroatoms. The molecule has 3 nitrogen and oxygen atoms in total. The summed E-state index contributed by atoms with van der Waals surface area (Å²) >= 11 is 3.35. The number of hydrogen-bond acceptors (Lipinski definition) is 4. The van der Waals surface area contributed by atoms with Gasteiger partial charge in [-0.2, -0.15) is 23.1 Å². The first-order valence-electron chi connectivity index (χ1n) is 6.67. The van der Waals surface area contributed by atoms with Gasteiger partial charge in [-0.1, -0.05) is 0 Å². The Morgan fingerprint density at radius 1 is 1.22 bits per heavy atom. The number of rotatable bonds is 7. The molecule has 0 saturated carbocycles. The van der Waals surface area contributed by atoms with Crippen LogP contribution in [-0.2, 0) is 5.75 Å². The van der Waals surface area contributed by atoms with Crippen molar-refractivity contribution in [1.29, 1.82) is 0 Å². The van der Waals surface area contributed by atoms with Gasteiger partial charge in [-0.05, 0) is 46.7 Å². The smallest absolute Gasteiger partial charge is 0.406 e. The van der Waals surface area contributed by atoms with E-state index in [2.05, 4.69) is 21.5 Å². The monoisotopic (exact) mass is 361 g/mol. The van der Waals surface area contributed by atoms with E-state index in [-0.39, 0.29) is 11.7 Å². The normalized spacial score (nSPS) is 11.3. The molecule has 0 radical (unpaired) electrons. The molecule has 1 N–H and O–H groups in total. The summed E-state index contributed by atoms with van der Waals surface area (Å²) in [6.07, 6.45) is -4.73. The molecule has 2 aromatic rings. The predicted octanol–water partition coefficient (Wildman–Crippen LogP) is 4.31. The van der Waals surface area contributed by atoms with Crippen molar-refractivity contribution in [2.45, 2.75) is 12.1 Å². The van der Waals surface area contributed by atoms with Crippen LogP contribution < -0.4 is 10.1 Å². The Kier molecular flexibility index (Phi) is 6.35. The van der Waals surface area contributed by atoms with Crippen molar-refractivity contribution >= 4 is 29.0 Å². The third-order valence-corrected chi connectivity index (χ3v) is 4.49. The number of amides is 1. The quantitative estimate of drug-likeness (QED) is 0.747. The summed E-state index contributed by atoms with van der Waals surface area (Å²) in [6, 6.07) is 6.89. The van der Waals surface area contributed by atoms with Gasteiger partial charge in [-0.25, -0.2) is 0 Å². The van der Waals surface area contributed by atoms with Crippen molar-refractivity contribution in [3.8, 4) is 5.75 Å². The number of carbonyl (C=O) groups excluding carboxylic acids is 1. The van der Waals surface area contributed by atoms with Crippen LogP contribution in [0.4, 0.5) is 13.2 Å². The fraction of sp³-hybridized carbons (Fsp3) is 0.267. The zero-order chi connectivity index (χ0) is 16.7. The molecule has 0 saturated heterocycles. The maximum atomic E-state index is 12.0. The highest BCUT2D eigenvalue weighted by Gasteiger charge is 2.31. The molecule has 1 heterocycles. The Morgan fingerprint density at radius 2 is 1.96 bits per heavy atom. The van der Waals surface area contributed by atoms with E-state index < -0.39 is 6.36 Å². The molecule has 0 aliphatic carbocycles. The summed E-state index contributed by atoms with van der Waals surface area (Å²) in [5, 5.41) is 6.82. The lowest BCUT2D eigenvalue weighted by atomic mass is 10.2. The first-order chi connectivity index (χ1) is 10.9. The molecule has 2 rings (SSSR count). The minimum atomic E-state index is -4.73. The summed E-state index contributed by atoms with van der Waals surface area (Å²) < 4.78 is 39.9. The Bertz CT molecular complexity index is 613. The van der Waals surface area contributed by atoms with Crippen molar-refractivity contribution in [3.63, 3.8) is 0 Å². The van der Waals surface area contributed by atoms with Gasteiger partial charge in [0.25, 0.3) is 5.91 Å². The lowest BCUT2D eigenvalue weighted by Gasteiger charge is -2.09. The molecule has 23 heavy (non-hydrogen) atoms. The Hall–Kier alpha value is -1.67. The Balaban J connectivity index is 1.70. The van der Waals surface area contributed by atoms with Gasteiger partial charge in [0.05, 0.1) is 0 Å². The molecular weight excluding hydrogens is 347 g/mol. The number of carbonyl (C=O) groups is 1. The van der Waals surface area contributed by atoms with Crippen LogP contribution in [0.1, 0.15) is 15.9 Å². The zero-order valence-corrected chi connectivity index (χ0v) is 13.6. The molecule has 0 atom stereocenters. The molecule has 0 unspecified atom stereocenters. The molecule has 1 aromatic heterocycles. The summed E-state index contributed by atoms with van der Waals surface area (Å²) in [6.45, 7) is 0.494. The van der Waals surface area contributed by atoms with Gasteiger partial charge in [-0.15, -0.1) is 13.2 Å². The second kappa shape index (κ2) is 8.26. The fourth-order valence-corrected chi connectivity index (χ4v) is 3.29. The van der Waals surface area contributed by atoms with E-state index in [9.17, 15) is 18.0 Å². The molecule has 1 amide bonds. The van der Waals surface area contributed by atoms with Crippen LogP contribution in [0.2, 0.25) is 0 Å². The first-order valence-corrected chi connectivity index (χ1v) is 8.76. The average Bonchev–Trinajstić information content (AvgIpc) is 2.99. The topological polar surface area (TPSA) is 38.3 Å². The molecule has 0 fully saturated rings. The number of nitrogens with one attached hydrogen (secondary N) is 1. The van der Waals surface area contributed by atoms with Crippen LogP contribution in [0.3, 0.4) is 0 Å². The number of benzene rings is 1. The van der Waals surface area contributed by atoms with Crippen LogP contribution in [0.15, 0.2) is 41.1 Å². The SMILES string of the molecule is O=C(NCCSCc1ccsc1)c1ccc(OC(F)(F)F)cc1. The highest BCUT2D eigenvalue weighted by molar-refractivity contribution is 7.98. The minimum Gasteiger partial charge on any atom is -0.406 e. The predicted molar refractivity (Wildman–Crippen MR) is 85.9 cm³/mol. The van der Waals surface area contributed by atoms with Gasteiger partial charge in [0.1, 0.15) is 5.75 Å². The lowest BCUT2D eigenvalue weighted by molar-refractivity contribution is -0.274. The van der Waals surface area contributed by atoms with Crippen LogP contribution in [-0.4, -0.2) is 24.6 Å². The van der Waals surface area contributed by atoms with Crippen LogP contribution >= 0.6 is 23.1 Å². The van der Waals surface area contributed by atoms with Gasteiger partial charge >= 0.3 is 6.36 Å². The average molecular weight is 361 g/mol. The number of alkyl halides is 3. The van der Waals surface area contributed by atoms with Crippen molar-refractivity contribution in [1.82, 2.24) is 5.32 Å². The third-order valence-electron chi connectivity index (χ3n) is 2.73. The van der Waals surface area contributed by atoms with E-state index in [1.54, 1.807) is 23.1 Å². The van der Waals surface area contributed by atoms with Gasteiger partial charge in [0.2, 0.25) is 0 Å². The standard InChI is InChI=1S/C15H14F3NO2S2/c16-15(17,18)21-13-3-1-12(2-4-13)14(20)19-6-8-23-10-11-5-7-22-9-11/h1-5,7,9H,6,8,10H2,(H,19,20). The maximum Gasteiger partial charge on any atom is 0.573 e. The van der Waals surface area contributed by atoms with Gasteiger partial charge < -0.3 is 10.1 Å². The van der Waals surface area contributed by atoms with Crippen molar-refractivity contribution in [3.05, 3.63) is 52.2 Å². The molecule has 0 bridgehead atoms. The van der Waals surface area contributed by atoms with Crippen LogP contribution in [0.5, 0.6) is 5.75 Å². The molecule has 0 aliphatic heterocycles. The van der Waals surface area contributed by atoms with Crippen molar-refractivity contribution < 1.29 is 22.7 Å². The van der Waals surface area contributed by atoms with Gasteiger partial charge in [-0.3, -0.25) is 4.79 Å². The highest BCUT2D eigenvalue weighted by Crippen LogP contribution is 2.22. The van der Waals surface area contributed by atoms with E-state index in [1.165, 1.54) is 17.7 Å². The molecule has 0 aliphatic rings. The van der Waals surface area contributed by atoms with E-state index in [0.29, 0.717) is 12.1 Å². The molecule has 1 aromatic carbocycles. The summed E-state index contributed by atoms with van der Waals surface area (Å²) in [5.41, 5.74) is 1.55. The fourth-order valence-electron chi connectivity index (χ4n) is 1.71. The van der Waals surface area contributed by atoms with E-state index in [1.807, 2.05) is 5.38 Å². The first kappa shape index (κ1) is 17.7. The third kappa shape index (κ3) is 6.54. The summed E-state index contributed by atoms with van der Waals surface area (Å²) in [7, 11) is 0. The number of hydrogen-bond donors (Lipinski definition) is 1. The van der Waals surface area contributed by atoms with Crippen molar-refractivity contribution in [2.24, 2.45) is 0 Å². The second-order valence-electron chi connectivity index (χ2n) is 4.51. The Morgan fingerprint density at radius 3 is 2.57 bits per heavy atom. The molecule has 0 spiro atoms. The van der Waals surface area contributed by atoms with E-state index in [0.717, 1.165) is 23.6 Å². The number of thioether (sulfide) groups is 1. The second-order valence-corrected chi connectivity index (χ2v) is 6.40. The van der Waals surface area contributed by atoms with Crippen LogP contribution in [0.25, 0.3) is 0 Å². The van der Waals surface area contributed by atoms with Crippen molar-refractivity contribution in [2.75, 3.05) is 12.3 Å². The lowest BCUT2D eigenvalue weighted by Crippen LogP contribution is -2.25. The Labute approximate surface area is 139 Å². The van der Waals surface area contributed by atoms with Gasteiger partial charge in [0.15, 0.2) is 0 Å². The highest BCUT2D eigenvalue weighted by atomic mass is 32.2. The summed E-state index contributed by atoms with van der Waals surface area (Å²) in [4.78, 5) is 11.9. The number of ether oxygens (including phenoxy) is 1.